The zero-order valence-corrected chi connectivity index (χ0v) is 7.59. The van der Waals surface area contributed by atoms with Crippen LogP contribution in [0, 0.1) is 0 Å². The highest BCUT2D eigenvalue weighted by Gasteiger charge is 2.36. The number of alkyl halides is 3. The van der Waals surface area contributed by atoms with Gasteiger partial charge in [-0.3, -0.25) is 9.59 Å². The van der Waals surface area contributed by atoms with Crippen LogP contribution < -0.4 is 10.1 Å². The number of rotatable bonds is 1. The van der Waals surface area contributed by atoms with Gasteiger partial charge in [0.25, 0.3) is 11.7 Å². The smallest absolute Gasteiger partial charge is 0.404 e. The lowest BCUT2D eigenvalue weighted by atomic mass is 10.1. The quantitative estimate of drug-likeness (QED) is 0.748. The van der Waals surface area contributed by atoms with Crippen molar-refractivity contribution in [3.8, 4) is 5.75 Å². The summed E-state index contributed by atoms with van der Waals surface area (Å²) in [5.74, 6) is -2.43. The van der Waals surface area contributed by atoms with Crippen molar-refractivity contribution >= 4 is 17.4 Å². The molecule has 0 aromatic heterocycles. The van der Waals surface area contributed by atoms with Crippen LogP contribution in [0.25, 0.3) is 0 Å². The van der Waals surface area contributed by atoms with Gasteiger partial charge in [0.15, 0.2) is 5.75 Å². The van der Waals surface area contributed by atoms with E-state index in [0.717, 1.165) is 6.07 Å². The second-order valence-electron chi connectivity index (χ2n) is 3.01. The summed E-state index contributed by atoms with van der Waals surface area (Å²) in [6.07, 6.45) is -4.87. The predicted molar refractivity (Wildman–Crippen MR) is 46.1 cm³/mol. The summed E-state index contributed by atoms with van der Waals surface area (Å²) in [5, 5.41) is 2.02. The fourth-order valence-corrected chi connectivity index (χ4v) is 1.35. The summed E-state index contributed by atoms with van der Waals surface area (Å²) in [4.78, 5) is 22.1. The summed E-state index contributed by atoms with van der Waals surface area (Å²) in [6.45, 7) is 0. The van der Waals surface area contributed by atoms with Crippen LogP contribution in [0.15, 0.2) is 18.2 Å². The Labute approximate surface area is 87.0 Å². The third kappa shape index (κ3) is 1.71. The molecule has 0 atom stereocenters. The van der Waals surface area contributed by atoms with E-state index >= 15 is 0 Å². The van der Waals surface area contributed by atoms with E-state index in [4.69, 9.17) is 0 Å². The largest absolute Gasteiger partial charge is 0.573 e. The number of halogens is 3. The zero-order chi connectivity index (χ0) is 11.9. The highest BCUT2D eigenvalue weighted by Crippen LogP contribution is 2.36. The lowest BCUT2D eigenvalue weighted by Crippen LogP contribution is -2.18. The average molecular weight is 231 g/mol. The number of fused-ring (bicyclic) bond motifs is 1. The Balaban J connectivity index is 2.44. The molecule has 1 aromatic rings. The number of ether oxygens (including phenoxy) is 1. The topological polar surface area (TPSA) is 55.4 Å². The van der Waals surface area contributed by atoms with Crippen LogP contribution in [0.4, 0.5) is 18.9 Å². The first-order valence-electron chi connectivity index (χ1n) is 4.13. The molecule has 0 radical (unpaired) electrons. The van der Waals surface area contributed by atoms with E-state index in [9.17, 15) is 22.8 Å². The normalized spacial score (nSPS) is 14.7. The van der Waals surface area contributed by atoms with E-state index in [1.165, 1.54) is 12.1 Å². The number of benzene rings is 1. The number of Topliss-reactive ketones (excluding diaryl/α,β-unsaturated/α-hetero) is 1. The number of carbonyl (C=O) groups excluding carboxylic acids is 2. The Morgan fingerprint density at radius 2 is 1.88 bits per heavy atom. The van der Waals surface area contributed by atoms with Gasteiger partial charge in [-0.2, -0.15) is 0 Å². The average Bonchev–Trinajstić information content (AvgIpc) is 2.43. The van der Waals surface area contributed by atoms with Gasteiger partial charge in [0.1, 0.15) is 0 Å². The van der Waals surface area contributed by atoms with Crippen molar-refractivity contribution in [1.82, 2.24) is 0 Å². The molecule has 2 rings (SSSR count). The molecule has 16 heavy (non-hydrogen) atoms. The second-order valence-corrected chi connectivity index (χ2v) is 3.01. The molecular formula is C9H4F3NO3. The first kappa shape index (κ1) is 10.5. The lowest BCUT2D eigenvalue weighted by molar-refractivity contribution is -0.274. The maximum atomic E-state index is 12.0. The van der Waals surface area contributed by atoms with Crippen molar-refractivity contribution in [3.05, 3.63) is 23.8 Å². The molecule has 0 saturated heterocycles. The predicted octanol–water partition coefficient (Wildman–Crippen LogP) is 1.72. The minimum atomic E-state index is -4.87. The van der Waals surface area contributed by atoms with Crippen LogP contribution >= 0.6 is 0 Å². The highest BCUT2D eigenvalue weighted by atomic mass is 19.4. The van der Waals surface area contributed by atoms with E-state index in [1.807, 2.05) is 5.32 Å². The lowest BCUT2D eigenvalue weighted by Gasteiger charge is -2.11. The number of carbonyl (C=O) groups is 2. The summed E-state index contributed by atoms with van der Waals surface area (Å²) in [6, 6.07) is 3.47. The van der Waals surface area contributed by atoms with Gasteiger partial charge in [-0.05, 0) is 12.1 Å². The first-order valence-corrected chi connectivity index (χ1v) is 4.13. The number of hydrogen-bond donors (Lipinski definition) is 1. The standard InChI is InChI=1S/C9H4F3NO3/c10-9(11,12)16-5-3-1-2-4-6(5)13-8(15)7(4)14/h1-3H,(H,13,14,15). The molecule has 0 unspecified atom stereocenters. The van der Waals surface area contributed by atoms with Crippen molar-refractivity contribution in [1.29, 1.82) is 0 Å². The zero-order valence-electron chi connectivity index (χ0n) is 7.59. The van der Waals surface area contributed by atoms with Crippen LogP contribution in [0.5, 0.6) is 5.75 Å². The molecule has 1 aliphatic rings. The Hall–Kier alpha value is -2.05. The van der Waals surface area contributed by atoms with Gasteiger partial charge < -0.3 is 10.1 Å². The maximum Gasteiger partial charge on any atom is 0.573 e. The van der Waals surface area contributed by atoms with Gasteiger partial charge in [0, 0.05) is 0 Å². The fourth-order valence-electron chi connectivity index (χ4n) is 1.35. The van der Waals surface area contributed by atoms with Crippen molar-refractivity contribution in [2.24, 2.45) is 0 Å². The number of para-hydroxylation sites is 1. The van der Waals surface area contributed by atoms with Crippen LogP contribution in [0.3, 0.4) is 0 Å². The van der Waals surface area contributed by atoms with Crippen molar-refractivity contribution in [2.45, 2.75) is 6.36 Å². The molecular weight excluding hydrogens is 227 g/mol. The third-order valence-electron chi connectivity index (χ3n) is 1.94. The number of amides is 1. The van der Waals surface area contributed by atoms with E-state index in [-0.39, 0.29) is 11.3 Å². The summed E-state index contributed by atoms with van der Waals surface area (Å²) in [7, 11) is 0. The molecule has 0 saturated carbocycles. The molecule has 4 nitrogen and oxygen atoms in total. The fraction of sp³-hybridized carbons (Fsp3) is 0.111. The van der Waals surface area contributed by atoms with Crippen LogP contribution in [0.1, 0.15) is 10.4 Å². The second kappa shape index (κ2) is 3.22. The molecule has 0 fully saturated rings. The number of hydrogen-bond acceptors (Lipinski definition) is 3. The minimum Gasteiger partial charge on any atom is -0.404 e. The van der Waals surface area contributed by atoms with Gasteiger partial charge in [-0.15, -0.1) is 13.2 Å². The molecule has 0 spiro atoms. The summed E-state index contributed by atoms with van der Waals surface area (Å²) >= 11 is 0. The Morgan fingerprint density at radius 1 is 1.19 bits per heavy atom. The molecule has 1 N–H and O–H groups in total. The molecule has 7 heteroatoms. The Bertz CT molecular complexity index is 481. The SMILES string of the molecule is O=C1Nc2c(OC(F)(F)F)cccc2C1=O. The highest BCUT2D eigenvalue weighted by molar-refractivity contribution is 6.52. The molecule has 84 valence electrons. The Morgan fingerprint density at radius 3 is 2.50 bits per heavy atom. The molecule has 1 amide bonds. The van der Waals surface area contributed by atoms with Gasteiger partial charge >= 0.3 is 6.36 Å². The van der Waals surface area contributed by atoms with Crippen molar-refractivity contribution in [2.75, 3.05) is 5.32 Å². The first-order chi connectivity index (χ1) is 7.38. The molecule has 0 aliphatic carbocycles. The van der Waals surface area contributed by atoms with E-state index in [0.29, 0.717) is 0 Å². The van der Waals surface area contributed by atoms with Gasteiger partial charge in [-0.1, -0.05) is 6.07 Å². The van der Waals surface area contributed by atoms with Crippen LogP contribution in [-0.4, -0.2) is 18.1 Å². The number of nitrogens with one attached hydrogen (secondary N) is 1. The summed E-state index contributed by atoms with van der Waals surface area (Å²) in [5.41, 5.74) is -0.360. The molecule has 1 heterocycles. The van der Waals surface area contributed by atoms with E-state index in [1.54, 1.807) is 0 Å². The molecule has 1 aliphatic heterocycles. The van der Waals surface area contributed by atoms with Gasteiger partial charge in [0.05, 0.1) is 11.3 Å². The van der Waals surface area contributed by atoms with E-state index < -0.39 is 23.8 Å². The molecule has 1 aromatic carbocycles. The van der Waals surface area contributed by atoms with Crippen molar-refractivity contribution < 1.29 is 27.5 Å². The maximum absolute atomic E-state index is 12.0. The monoisotopic (exact) mass is 231 g/mol. The minimum absolute atomic E-state index is 0.119. The third-order valence-corrected chi connectivity index (χ3v) is 1.94. The van der Waals surface area contributed by atoms with Gasteiger partial charge in [0.2, 0.25) is 0 Å². The number of anilines is 1. The van der Waals surface area contributed by atoms with Crippen molar-refractivity contribution in [3.63, 3.8) is 0 Å². The van der Waals surface area contributed by atoms with Crippen LogP contribution in [0.2, 0.25) is 0 Å². The molecule has 0 bridgehead atoms. The summed E-state index contributed by atoms with van der Waals surface area (Å²) < 4.78 is 39.6. The van der Waals surface area contributed by atoms with E-state index in [2.05, 4.69) is 4.74 Å². The number of ketones is 1. The van der Waals surface area contributed by atoms with Gasteiger partial charge in [-0.25, -0.2) is 0 Å². The van der Waals surface area contributed by atoms with Crippen LogP contribution in [-0.2, 0) is 4.79 Å². The Kier molecular flexibility index (Phi) is 2.11.